The van der Waals surface area contributed by atoms with Gasteiger partial charge in [0.05, 0.1) is 11.0 Å². The SMILES string of the molecule is CCCCCC(=O)c1c(O)c(CC2=C(O)[C@@](C)(C/C=C(\C)CCC=C(C)C)C(=O)C(C(C)=O)=C2O)c(O)c2c1OC(C)(C)C=C2. The van der Waals surface area contributed by atoms with Gasteiger partial charge in [-0.05, 0) is 86.3 Å². The number of aliphatic hydroxyl groups excluding tert-OH is 2. The molecule has 1 atom stereocenters. The number of allylic oxidation sites excluding steroid dienone is 7. The maximum absolute atomic E-state index is 13.6. The van der Waals surface area contributed by atoms with Gasteiger partial charge in [-0.15, -0.1) is 0 Å². The number of ketones is 3. The van der Waals surface area contributed by atoms with Crippen LogP contribution in [0.25, 0.3) is 6.08 Å². The predicted octanol–water partition coefficient (Wildman–Crippen LogP) is 8.47. The van der Waals surface area contributed by atoms with Crippen molar-refractivity contribution in [1.82, 2.24) is 0 Å². The molecule has 0 radical (unpaired) electrons. The van der Waals surface area contributed by atoms with E-state index >= 15 is 0 Å². The van der Waals surface area contributed by atoms with Gasteiger partial charge in [0.25, 0.3) is 0 Å². The molecule has 0 aromatic heterocycles. The molecule has 2 aliphatic rings. The number of carbonyl (C=O) groups is 3. The topological polar surface area (TPSA) is 141 Å². The first-order valence-corrected chi connectivity index (χ1v) is 15.7. The number of ether oxygens (including phenoxy) is 1. The van der Waals surface area contributed by atoms with Crippen molar-refractivity contribution in [2.75, 3.05) is 0 Å². The van der Waals surface area contributed by atoms with Crippen molar-refractivity contribution in [3.05, 3.63) is 68.7 Å². The van der Waals surface area contributed by atoms with Crippen molar-refractivity contribution in [2.45, 2.75) is 112 Å². The second-order valence-corrected chi connectivity index (χ2v) is 13.2. The van der Waals surface area contributed by atoms with Crippen LogP contribution in [-0.4, -0.2) is 43.4 Å². The lowest BCUT2D eigenvalue weighted by molar-refractivity contribution is -0.127. The van der Waals surface area contributed by atoms with E-state index in [-0.39, 0.29) is 46.6 Å². The fraction of sp³-hybridized carbons (Fsp3) is 0.486. The molecule has 1 aliphatic carbocycles. The Kier molecular flexibility index (Phi) is 11.0. The predicted molar refractivity (Wildman–Crippen MR) is 176 cm³/mol. The number of phenolic OH excluding ortho intramolecular Hbond substituents is 2. The zero-order valence-electron chi connectivity index (χ0n) is 27.9. The van der Waals surface area contributed by atoms with E-state index in [0.717, 1.165) is 38.2 Å². The van der Waals surface area contributed by atoms with E-state index in [1.165, 1.54) is 12.5 Å². The summed E-state index contributed by atoms with van der Waals surface area (Å²) in [6.07, 6.45) is 10.9. The first kappa shape index (κ1) is 35.4. The van der Waals surface area contributed by atoms with Crippen molar-refractivity contribution in [2.24, 2.45) is 5.41 Å². The number of phenols is 2. The molecule has 8 nitrogen and oxygen atoms in total. The highest BCUT2D eigenvalue weighted by Gasteiger charge is 2.47. The van der Waals surface area contributed by atoms with Crippen LogP contribution < -0.4 is 4.74 Å². The summed E-state index contributed by atoms with van der Waals surface area (Å²) in [4.78, 5) is 39.8. The number of carbonyl (C=O) groups excluding carboxylic acids is 3. The number of aromatic hydroxyl groups is 2. The molecule has 1 aliphatic heterocycles. The average molecular weight is 621 g/mol. The Labute approximate surface area is 266 Å². The van der Waals surface area contributed by atoms with Crippen LogP contribution in [0.1, 0.15) is 122 Å². The van der Waals surface area contributed by atoms with Crippen LogP contribution in [0.3, 0.4) is 0 Å². The molecule has 0 amide bonds. The number of rotatable bonds is 13. The highest BCUT2D eigenvalue weighted by molar-refractivity contribution is 6.23. The number of hydrogen-bond acceptors (Lipinski definition) is 8. The zero-order valence-corrected chi connectivity index (χ0v) is 27.9. The lowest BCUT2D eigenvalue weighted by Crippen LogP contribution is -2.38. The molecule has 1 aromatic rings. The third-order valence-corrected chi connectivity index (χ3v) is 8.55. The van der Waals surface area contributed by atoms with Gasteiger partial charge in [0.15, 0.2) is 17.3 Å². The molecule has 1 heterocycles. The summed E-state index contributed by atoms with van der Waals surface area (Å²) < 4.78 is 6.07. The van der Waals surface area contributed by atoms with Crippen molar-refractivity contribution in [1.29, 1.82) is 0 Å². The first-order valence-electron chi connectivity index (χ1n) is 15.7. The van der Waals surface area contributed by atoms with E-state index in [1.54, 1.807) is 26.0 Å². The van der Waals surface area contributed by atoms with Gasteiger partial charge in [-0.25, -0.2) is 0 Å². The number of Topliss-reactive ketones (excluding diaryl/α,β-unsaturated/α-hetero) is 3. The Bertz CT molecular complexity index is 1540. The molecule has 0 saturated heterocycles. The maximum Gasteiger partial charge on any atom is 0.183 e. The quantitative estimate of drug-likeness (QED) is 0.0745. The minimum Gasteiger partial charge on any atom is -0.511 e. The number of benzene rings is 1. The van der Waals surface area contributed by atoms with Gasteiger partial charge in [0.1, 0.15) is 45.5 Å². The van der Waals surface area contributed by atoms with Crippen molar-refractivity contribution in [3.63, 3.8) is 0 Å². The van der Waals surface area contributed by atoms with Gasteiger partial charge in [-0.1, -0.05) is 43.1 Å². The summed E-state index contributed by atoms with van der Waals surface area (Å²) in [5.74, 6) is -3.83. The number of aliphatic hydroxyl groups is 2. The minimum atomic E-state index is -1.59. The monoisotopic (exact) mass is 620 g/mol. The van der Waals surface area contributed by atoms with Crippen LogP contribution in [0, 0.1) is 5.41 Å². The molecule has 4 N–H and O–H groups in total. The number of fused-ring (bicyclic) bond motifs is 1. The number of hydrogen-bond donors (Lipinski definition) is 4. The molecule has 3 rings (SSSR count). The summed E-state index contributed by atoms with van der Waals surface area (Å²) in [6.45, 7) is 14.2. The lowest BCUT2D eigenvalue weighted by Gasteiger charge is -2.34. The molecule has 244 valence electrons. The standard InChI is InChI=1S/C37H48O8/c1-9-10-11-15-27(39)29-31(41)25(30(40)24-17-18-36(6,7)45-33(24)29)20-26-32(42)28(23(5)38)35(44)37(8,34(26)43)19-16-22(4)14-12-13-21(2)3/h13,16-18,40-43H,9-12,14-15,19-20H2,1-8H3/b22-16+/t37-/m1/s1. The van der Waals surface area contributed by atoms with Crippen LogP contribution in [0.15, 0.2) is 52.0 Å². The second kappa shape index (κ2) is 13.9. The highest BCUT2D eigenvalue weighted by Crippen LogP contribution is 2.50. The molecule has 8 heteroatoms. The molecule has 45 heavy (non-hydrogen) atoms. The second-order valence-electron chi connectivity index (χ2n) is 13.2. The van der Waals surface area contributed by atoms with E-state index in [1.807, 2.05) is 33.8 Å². The smallest absolute Gasteiger partial charge is 0.183 e. The third-order valence-electron chi connectivity index (χ3n) is 8.55. The zero-order chi connectivity index (χ0) is 33.9. The van der Waals surface area contributed by atoms with Crippen molar-refractivity contribution < 1.29 is 39.5 Å². The van der Waals surface area contributed by atoms with Crippen LogP contribution in [0.4, 0.5) is 0 Å². The molecule has 0 bridgehead atoms. The van der Waals surface area contributed by atoms with Gasteiger partial charge >= 0.3 is 0 Å². The fourth-order valence-electron chi connectivity index (χ4n) is 5.72. The van der Waals surface area contributed by atoms with Crippen LogP contribution >= 0.6 is 0 Å². The fourth-order valence-corrected chi connectivity index (χ4v) is 5.72. The summed E-state index contributed by atoms with van der Waals surface area (Å²) in [5, 5.41) is 45.8. The molecular weight excluding hydrogens is 572 g/mol. The van der Waals surface area contributed by atoms with E-state index in [4.69, 9.17) is 4.74 Å². The Hall–Kier alpha value is -4.07. The van der Waals surface area contributed by atoms with Crippen molar-refractivity contribution >= 4 is 23.4 Å². The van der Waals surface area contributed by atoms with Gasteiger partial charge in [0, 0.05) is 24.0 Å². The van der Waals surface area contributed by atoms with E-state index in [0.29, 0.717) is 6.42 Å². The first-order chi connectivity index (χ1) is 21.0. The highest BCUT2D eigenvalue weighted by atomic mass is 16.5. The summed E-state index contributed by atoms with van der Waals surface area (Å²) in [5.41, 5.74) is -0.913. The largest absolute Gasteiger partial charge is 0.511 e. The Morgan fingerprint density at radius 2 is 1.60 bits per heavy atom. The number of unbranched alkanes of at least 4 members (excludes halogenated alkanes) is 2. The molecular formula is C37H48O8. The van der Waals surface area contributed by atoms with Gasteiger partial charge in [-0.3, -0.25) is 14.4 Å². The molecule has 0 saturated carbocycles. The van der Waals surface area contributed by atoms with Gasteiger partial charge in [0.2, 0.25) is 0 Å². The normalized spacial score (nSPS) is 19.4. The Balaban J connectivity index is 2.20. The van der Waals surface area contributed by atoms with E-state index in [9.17, 15) is 34.8 Å². The summed E-state index contributed by atoms with van der Waals surface area (Å²) in [6, 6.07) is 0. The van der Waals surface area contributed by atoms with Crippen LogP contribution in [-0.2, 0) is 16.0 Å². The van der Waals surface area contributed by atoms with Crippen LogP contribution in [0.2, 0.25) is 0 Å². The Morgan fingerprint density at radius 1 is 0.933 bits per heavy atom. The molecule has 0 spiro atoms. The van der Waals surface area contributed by atoms with E-state index < -0.39 is 57.6 Å². The third kappa shape index (κ3) is 7.43. The minimum absolute atomic E-state index is 0.0564. The maximum atomic E-state index is 13.6. The van der Waals surface area contributed by atoms with Gasteiger partial charge in [-0.2, -0.15) is 0 Å². The Morgan fingerprint density at radius 3 is 2.20 bits per heavy atom. The molecule has 0 fully saturated rings. The summed E-state index contributed by atoms with van der Waals surface area (Å²) >= 11 is 0. The molecule has 1 aromatic carbocycles. The lowest BCUT2D eigenvalue weighted by atomic mass is 9.70. The van der Waals surface area contributed by atoms with Crippen molar-refractivity contribution in [3.8, 4) is 17.2 Å². The molecule has 0 unspecified atom stereocenters. The van der Waals surface area contributed by atoms with E-state index in [2.05, 4.69) is 6.08 Å². The average Bonchev–Trinajstić information content (AvgIpc) is 2.94. The van der Waals surface area contributed by atoms with Crippen LogP contribution in [0.5, 0.6) is 17.2 Å². The van der Waals surface area contributed by atoms with Gasteiger partial charge < -0.3 is 25.2 Å². The summed E-state index contributed by atoms with van der Waals surface area (Å²) in [7, 11) is 0.